The maximum Gasteiger partial charge on any atom is 0.261 e. The average molecular weight is 411 g/mol. The maximum atomic E-state index is 12.5. The summed E-state index contributed by atoms with van der Waals surface area (Å²) in [5.74, 6) is 0.470. The summed E-state index contributed by atoms with van der Waals surface area (Å²) in [6.07, 6.45) is 2.91. The molecule has 0 fully saturated rings. The van der Waals surface area contributed by atoms with Gasteiger partial charge in [0.15, 0.2) is 0 Å². The summed E-state index contributed by atoms with van der Waals surface area (Å²) in [6, 6.07) is 15.2. The van der Waals surface area contributed by atoms with Crippen molar-refractivity contribution in [3.8, 4) is 23.6 Å². The first kappa shape index (κ1) is 19.2. The molecule has 0 aliphatic carbocycles. The highest BCUT2D eigenvalue weighted by Crippen LogP contribution is 2.30. The fourth-order valence-corrected chi connectivity index (χ4v) is 3.56. The monoisotopic (exact) mass is 410 g/mol. The third-order valence-electron chi connectivity index (χ3n) is 3.60. The highest BCUT2D eigenvalue weighted by atomic mass is 35.5. The summed E-state index contributed by atoms with van der Waals surface area (Å²) in [5, 5.41) is 18.5. The summed E-state index contributed by atoms with van der Waals surface area (Å²) < 4.78 is 33.1. The minimum atomic E-state index is -3.89. The van der Waals surface area contributed by atoms with Crippen molar-refractivity contribution < 1.29 is 13.2 Å². The molecule has 3 rings (SSSR count). The van der Waals surface area contributed by atoms with Crippen LogP contribution in [0.1, 0.15) is 11.1 Å². The Morgan fingerprint density at radius 3 is 2.32 bits per heavy atom. The number of benzene rings is 2. The van der Waals surface area contributed by atoms with Crippen molar-refractivity contribution in [2.75, 3.05) is 4.72 Å². The van der Waals surface area contributed by atoms with Crippen LogP contribution in [-0.2, 0) is 10.0 Å². The van der Waals surface area contributed by atoms with E-state index < -0.39 is 10.0 Å². The second-order valence-electron chi connectivity index (χ2n) is 5.47. The number of nitrogens with zero attached hydrogens (tertiary/aromatic N) is 3. The van der Waals surface area contributed by atoms with Gasteiger partial charge in [-0.15, -0.1) is 0 Å². The average Bonchev–Trinajstić information content (AvgIpc) is 2.69. The van der Waals surface area contributed by atoms with Gasteiger partial charge in [-0.1, -0.05) is 11.6 Å². The van der Waals surface area contributed by atoms with Gasteiger partial charge in [-0.3, -0.25) is 9.71 Å². The molecule has 1 aromatic heterocycles. The molecule has 2 aromatic carbocycles. The number of rotatable bonds is 5. The highest BCUT2D eigenvalue weighted by Gasteiger charge is 2.17. The first-order valence-electron chi connectivity index (χ1n) is 7.77. The second-order valence-corrected chi connectivity index (χ2v) is 7.56. The van der Waals surface area contributed by atoms with Crippen LogP contribution in [0.3, 0.4) is 0 Å². The van der Waals surface area contributed by atoms with Crippen molar-refractivity contribution in [2.45, 2.75) is 4.90 Å². The molecule has 0 aliphatic rings. The fourth-order valence-electron chi connectivity index (χ4n) is 2.26. The molecule has 0 saturated heterocycles. The quantitative estimate of drug-likeness (QED) is 0.677. The Morgan fingerprint density at radius 2 is 1.68 bits per heavy atom. The molecule has 0 radical (unpaired) electrons. The van der Waals surface area contributed by atoms with Crippen molar-refractivity contribution in [3.63, 3.8) is 0 Å². The van der Waals surface area contributed by atoms with Crippen molar-refractivity contribution in [1.82, 2.24) is 4.98 Å². The zero-order valence-corrected chi connectivity index (χ0v) is 15.7. The van der Waals surface area contributed by atoms with Crippen LogP contribution < -0.4 is 9.46 Å². The number of pyridine rings is 1. The van der Waals surface area contributed by atoms with Crippen molar-refractivity contribution in [3.05, 3.63) is 77.1 Å². The maximum absolute atomic E-state index is 12.5. The minimum Gasteiger partial charge on any atom is -0.456 e. The summed E-state index contributed by atoms with van der Waals surface area (Å²) in [6.45, 7) is 0. The molecule has 0 aliphatic heterocycles. The lowest BCUT2D eigenvalue weighted by molar-refractivity contribution is 0.480. The van der Waals surface area contributed by atoms with E-state index in [0.717, 1.165) is 0 Å². The number of anilines is 1. The Labute approximate surface area is 166 Å². The largest absolute Gasteiger partial charge is 0.456 e. The molecule has 138 valence electrons. The number of ether oxygens (including phenoxy) is 1. The first-order chi connectivity index (χ1) is 13.4. The standard InChI is InChI=1S/C19H11ClN4O3S/c20-18-10-16(2-1-13(18)11-21)27-19-4-3-17(9-14(19)12-22)28(25,26)24-15-5-7-23-8-6-15/h1-10H,(H,23,24). The van der Waals surface area contributed by atoms with Crippen molar-refractivity contribution in [1.29, 1.82) is 10.5 Å². The van der Waals surface area contributed by atoms with E-state index in [4.69, 9.17) is 21.6 Å². The Hall–Kier alpha value is -3.59. The van der Waals surface area contributed by atoms with Gasteiger partial charge < -0.3 is 4.74 Å². The number of hydrogen-bond acceptors (Lipinski definition) is 6. The summed E-state index contributed by atoms with van der Waals surface area (Å²) in [4.78, 5) is 3.73. The number of nitrogens with one attached hydrogen (secondary N) is 1. The van der Waals surface area contributed by atoms with Crippen LogP contribution >= 0.6 is 11.6 Å². The zero-order chi connectivity index (χ0) is 20.1. The van der Waals surface area contributed by atoms with E-state index in [1.165, 1.54) is 60.9 Å². The molecule has 7 nitrogen and oxygen atoms in total. The van der Waals surface area contributed by atoms with Gasteiger partial charge in [0.1, 0.15) is 23.6 Å². The van der Waals surface area contributed by atoms with Gasteiger partial charge >= 0.3 is 0 Å². The Bertz CT molecular complexity index is 1220. The second kappa shape index (κ2) is 7.97. The third-order valence-corrected chi connectivity index (χ3v) is 5.29. The van der Waals surface area contributed by atoms with Crippen molar-refractivity contribution >= 4 is 27.3 Å². The van der Waals surface area contributed by atoms with Gasteiger partial charge in [-0.05, 0) is 42.5 Å². The normalized spacial score (nSPS) is 10.5. The Balaban J connectivity index is 1.89. The number of aromatic nitrogens is 1. The SMILES string of the molecule is N#Cc1ccc(Oc2ccc(S(=O)(=O)Nc3ccncc3)cc2C#N)cc1Cl. The van der Waals surface area contributed by atoms with Crippen molar-refractivity contribution in [2.24, 2.45) is 0 Å². The first-order valence-corrected chi connectivity index (χ1v) is 9.63. The van der Waals surface area contributed by atoms with Crippen LogP contribution in [0.15, 0.2) is 65.8 Å². The van der Waals surface area contributed by atoms with E-state index in [2.05, 4.69) is 9.71 Å². The number of halogens is 1. The van der Waals surface area contributed by atoms with Gasteiger partial charge in [0.2, 0.25) is 0 Å². The van der Waals surface area contributed by atoms with Gasteiger partial charge in [-0.2, -0.15) is 10.5 Å². The topological polar surface area (TPSA) is 116 Å². The fraction of sp³-hybridized carbons (Fsp3) is 0. The molecular formula is C19H11ClN4O3S. The van der Waals surface area contributed by atoms with E-state index >= 15 is 0 Å². The predicted molar refractivity (Wildman–Crippen MR) is 102 cm³/mol. The zero-order valence-electron chi connectivity index (χ0n) is 14.1. The molecule has 0 saturated carbocycles. The lowest BCUT2D eigenvalue weighted by Gasteiger charge is -2.11. The third kappa shape index (κ3) is 4.21. The summed E-state index contributed by atoms with van der Waals surface area (Å²) in [7, 11) is -3.89. The predicted octanol–water partition coefficient (Wildman–Crippen LogP) is 4.07. The minimum absolute atomic E-state index is 0.0260. The summed E-state index contributed by atoms with van der Waals surface area (Å²) in [5.41, 5.74) is 0.664. The smallest absolute Gasteiger partial charge is 0.261 e. The number of hydrogen-bond donors (Lipinski definition) is 1. The molecule has 0 amide bonds. The molecule has 0 bridgehead atoms. The van der Waals surface area contributed by atoms with Gasteiger partial charge in [0, 0.05) is 18.5 Å². The molecule has 1 N–H and O–H groups in total. The molecule has 0 atom stereocenters. The van der Waals surface area contributed by atoms with Crippen LogP contribution in [0.2, 0.25) is 5.02 Å². The van der Waals surface area contributed by atoms with Gasteiger partial charge in [-0.25, -0.2) is 8.42 Å². The molecule has 28 heavy (non-hydrogen) atoms. The Morgan fingerprint density at radius 1 is 0.964 bits per heavy atom. The van der Waals surface area contributed by atoms with Crippen LogP contribution in [0.4, 0.5) is 5.69 Å². The Kier molecular flexibility index (Phi) is 5.46. The van der Waals surface area contributed by atoms with Gasteiger partial charge in [0.05, 0.1) is 26.7 Å². The number of sulfonamides is 1. The van der Waals surface area contributed by atoms with Crippen LogP contribution in [-0.4, -0.2) is 13.4 Å². The van der Waals surface area contributed by atoms with E-state index in [1.807, 2.05) is 12.1 Å². The molecule has 0 spiro atoms. The van der Waals surface area contributed by atoms with Gasteiger partial charge in [0.25, 0.3) is 10.0 Å². The summed E-state index contributed by atoms with van der Waals surface area (Å²) >= 11 is 5.97. The van der Waals surface area contributed by atoms with E-state index in [-0.39, 0.29) is 26.8 Å². The van der Waals surface area contributed by atoms with E-state index in [1.54, 1.807) is 0 Å². The molecule has 3 aromatic rings. The lowest BCUT2D eigenvalue weighted by atomic mass is 10.2. The highest BCUT2D eigenvalue weighted by molar-refractivity contribution is 7.92. The van der Waals surface area contributed by atoms with Crippen LogP contribution in [0.25, 0.3) is 0 Å². The van der Waals surface area contributed by atoms with Crippen LogP contribution in [0, 0.1) is 22.7 Å². The molecular weight excluding hydrogens is 400 g/mol. The molecule has 9 heteroatoms. The number of nitriles is 2. The molecule has 0 unspecified atom stereocenters. The lowest BCUT2D eigenvalue weighted by Crippen LogP contribution is -2.13. The van der Waals surface area contributed by atoms with E-state index in [9.17, 15) is 13.7 Å². The van der Waals surface area contributed by atoms with Crippen LogP contribution in [0.5, 0.6) is 11.5 Å². The molecule has 1 heterocycles. The van der Waals surface area contributed by atoms with E-state index in [0.29, 0.717) is 11.4 Å².